The van der Waals surface area contributed by atoms with Crippen LogP contribution in [0.15, 0.2) is 54.7 Å². The zero-order valence-corrected chi connectivity index (χ0v) is 11.1. The molecule has 0 bridgehead atoms. The van der Waals surface area contributed by atoms with Crippen molar-refractivity contribution >= 4 is 16.7 Å². The highest BCUT2D eigenvalue weighted by molar-refractivity contribution is 6.16. The number of nitrogens with two attached hydrogens (primary N) is 1. The molecule has 3 nitrogen and oxygen atoms in total. The molecule has 0 atom stereocenters. The molecule has 20 heavy (non-hydrogen) atoms. The average molecular weight is 264 g/mol. The Labute approximate surface area is 117 Å². The Hall–Kier alpha value is -2.39. The van der Waals surface area contributed by atoms with Gasteiger partial charge in [0.25, 0.3) is 0 Å². The van der Waals surface area contributed by atoms with Gasteiger partial charge in [0.2, 0.25) is 0 Å². The van der Waals surface area contributed by atoms with Gasteiger partial charge in [-0.1, -0.05) is 42.5 Å². The first-order chi connectivity index (χ1) is 9.79. The Bertz CT molecular complexity index is 741. The van der Waals surface area contributed by atoms with Crippen molar-refractivity contribution in [3.63, 3.8) is 0 Å². The molecule has 1 aromatic heterocycles. The lowest BCUT2D eigenvalue weighted by molar-refractivity contribution is 0.104. The summed E-state index contributed by atoms with van der Waals surface area (Å²) in [5.74, 6) is 0.0433. The lowest BCUT2D eigenvalue weighted by Gasteiger charge is -2.02. The molecule has 0 amide bonds. The summed E-state index contributed by atoms with van der Waals surface area (Å²) < 4.78 is 0. The van der Waals surface area contributed by atoms with Crippen LogP contribution in [0.5, 0.6) is 0 Å². The first kappa shape index (κ1) is 12.6. The average Bonchev–Trinajstić information content (AvgIpc) is 2.92. The predicted molar refractivity (Wildman–Crippen MR) is 80.9 cm³/mol. The fourth-order valence-corrected chi connectivity index (χ4v) is 2.40. The zero-order valence-electron chi connectivity index (χ0n) is 11.1. The van der Waals surface area contributed by atoms with Crippen molar-refractivity contribution in [2.45, 2.75) is 6.42 Å². The van der Waals surface area contributed by atoms with Crippen molar-refractivity contribution in [3.05, 3.63) is 71.4 Å². The molecule has 100 valence electrons. The summed E-state index contributed by atoms with van der Waals surface area (Å²) in [6.07, 6.45) is 2.61. The quantitative estimate of drug-likeness (QED) is 0.712. The van der Waals surface area contributed by atoms with Gasteiger partial charge in [-0.05, 0) is 24.6 Å². The molecule has 0 fully saturated rings. The van der Waals surface area contributed by atoms with Gasteiger partial charge in [0, 0.05) is 28.2 Å². The molecule has 0 saturated heterocycles. The molecule has 0 unspecified atom stereocenters. The number of hydrogen-bond acceptors (Lipinski definition) is 2. The molecule has 0 aliphatic carbocycles. The topological polar surface area (TPSA) is 58.9 Å². The van der Waals surface area contributed by atoms with Crippen LogP contribution in [0.2, 0.25) is 0 Å². The molecule has 2 aromatic carbocycles. The minimum atomic E-state index is 0.0433. The van der Waals surface area contributed by atoms with Crippen molar-refractivity contribution < 1.29 is 4.79 Å². The normalized spacial score (nSPS) is 10.8. The molecule has 0 spiro atoms. The number of benzene rings is 2. The number of carbonyl (C=O) groups excluding carboxylic acids is 1. The number of nitrogens with one attached hydrogen (secondary N) is 1. The number of H-pyrrole nitrogens is 1. The summed E-state index contributed by atoms with van der Waals surface area (Å²) in [4.78, 5) is 15.7. The largest absolute Gasteiger partial charge is 0.360 e. The van der Waals surface area contributed by atoms with E-state index in [1.807, 2.05) is 48.5 Å². The zero-order chi connectivity index (χ0) is 13.9. The Morgan fingerprint density at radius 2 is 1.80 bits per heavy atom. The first-order valence-corrected chi connectivity index (χ1v) is 6.69. The van der Waals surface area contributed by atoms with E-state index in [0.717, 1.165) is 22.9 Å². The summed E-state index contributed by atoms with van der Waals surface area (Å²) in [6.45, 7) is 0.621. The van der Waals surface area contributed by atoms with Crippen LogP contribution < -0.4 is 5.73 Å². The molecule has 0 saturated carbocycles. The minimum Gasteiger partial charge on any atom is -0.360 e. The second-order valence-electron chi connectivity index (χ2n) is 4.81. The number of aromatic nitrogens is 1. The van der Waals surface area contributed by atoms with Gasteiger partial charge in [0.1, 0.15) is 0 Å². The van der Waals surface area contributed by atoms with E-state index in [1.54, 1.807) is 6.20 Å². The summed E-state index contributed by atoms with van der Waals surface area (Å²) in [5, 5.41) is 0.962. The van der Waals surface area contributed by atoms with Gasteiger partial charge in [-0.2, -0.15) is 0 Å². The van der Waals surface area contributed by atoms with E-state index in [2.05, 4.69) is 4.98 Å². The maximum Gasteiger partial charge on any atom is 0.195 e. The van der Waals surface area contributed by atoms with Crippen molar-refractivity contribution in [3.8, 4) is 0 Å². The Balaban J connectivity index is 1.95. The Kier molecular flexibility index (Phi) is 3.35. The summed E-state index contributed by atoms with van der Waals surface area (Å²) in [7, 11) is 0. The van der Waals surface area contributed by atoms with Crippen LogP contribution in [0.3, 0.4) is 0 Å². The summed E-state index contributed by atoms with van der Waals surface area (Å²) in [5.41, 5.74) is 9.08. The highest BCUT2D eigenvalue weighted by Crippen LogP contribution is 2.21. The Morgan fingerprint density at radius 1 is 1.05 bits per heavy atom. The smallest absolute Gasteiger partial charge is 0.195 e. The second kappa shape index (κ2) is 5.31. The highest BCUT2D eigenvalue weighted by Gasteiger charge is 2.13. The van der Waals surface area contributed by atoms with Gasteiger partial charge >= 0.3 is 0 Å². The number of fused-ring (bicyclic) bond motifs is 1. The van der Waals surface area contributed by atoms with Gasteiger partial charge in [-0.15, -0.1) is 0 Å². The van der Waals surface area contributed by atoms with E-state index in [1.165, 1.54) is 0 Å². The van der Waals surface area contributed by atoms with Crippen LogP contribution >= 0.6 is 0 Å². The summed E-state index contributed by atoms with van der Waals surface area (Å²) >= 11 is 0. The lowest BCUT2D eigenvalue weighted by atomic mass is 10.0. The third-order valence-corrected chi connectivity index (χ3v) is 3.48. The van der Waals surface area contributed by atoms with E-state index in [4.69, 9.17) is 5.73 Å². The number of rotatable bonds is 4. The number of ketones is 1. The molecule has 1 heterocycles. The first-order valence-electron chi connectivity index (χ1n) is 6.69. The Morgan fingerprint density at radius 3 is 2.55 bits per heavy atom. The van der Waals surface area contributed by atoms with Crippen LogP contribution in [0.4, 0.5) is 0 Å². The molecular weight excluding hydrogens is 248 g/mol. The summed E-state index contributed by atoms with van der Waals surface area (Å²) in [6, 6.07) is 15.5. The number of aromatic amines is 1. The lowest BCUT2D eigenvalue weighted by Crippen LogP contribution is -2.04. The van der Waals surface area contributed by atoms with Gasteiger partial charge in [-0.25, -0.2) is 0 Å². The molecule has 3 N–H and O–H groups in total. The van der Waals surface area contributed by atoms with Crippen LogP contribution in [0.1, 0.15) is 21.5 Å². The molecule has 0 radical (unpaired) electrons. The third-order valence-electron chi connectivity index (χ3n) is 3.48. The molecule has 0 aliphatic rings. The van der Waals surface area contributed by atoms with E-state index in [-0.39, 0.29) is 5.78 Å². The van der Waals surface area contributed by atoms with Crippen LogP contribution in [0, 0.1) is 0 Å². The van der Waals surface area contributed by atoms with Crippen molar-refractivity contribution in [1.82, 2.24) is 4.98 Å². The number of para-hydroxylation sites is 1. The van der Waals surface area contributed by atoms with E-state index < -0.39 is 0 Å². The van der Waals surface area contributed by atoms with Crippen molar-refractivity contribution in [2.75, 3.05) is 6.54 Å². The van der Waals surface area contributed by atoms with Crippen LogP contribution in [-0.4, -0.2) is 17.3 Å². The molecule has 3 aromatic rings. The van der Waals surface area contributed by atoms with Crippen molar-refractivity contribution in [2.24, 2.45) is 5.73 Å². The maximum absolute atomic E-state index is 12.5. The van der Waals surface area contributed by atoms with Crippen molar-refractivity contribution in [1.29, 1.82) is 0 Å². The molecule has 0 aliphatic heterocycles. The second-order valence-corrected chi connectivity index (χ2v) is 4.81. The molecule has 3 rings (SSSR count). The van der Waals surface area contributed by atoms with E-state index in [9.17, 15) is 4.79 Å². The van der Waals surface area contributed by atoms with Gasteiger partial charge in [0.05, 0.1) is 0 Å². The monoisotopic (exact) mass is 264 g/mol. The minimum absolute atomic E-state index is 0.0433. The van der Waals surface area contributed by atoms with Gasteiger partial charge in [-0.3, -0.25) is 4.79 Å². The predicted octanol–water partition coefficient (Wildman–Crippen LogP) is 2.90. The fraction of sp³-hybridized carbons (Fsp3) is 0.118. The van der Waals surface area contributed by atoms with Gasteiger partial charge < -0.3 is 10.7 Å². The molecule has 3 heteroatoms. The number of hydrogen-bond donors (Lipinski definition) is 2. The third kappa shape index (κ3) is 2.24. The van der Waals surface area contributed by atoms with Crippen LogP contribution in [0.25, 0.3) is 10.9 Å². The maximum atomic E-state index is 12.5. The van der Waals surface area contributed by atoms with E-state index in [0.29, 0.717) is 17.7 Å². The highest BCUT2D eigenvalue weighted by atomic mass is 16.1. The number of carbonyl (C=O) groups is 1. The fourth-order valence-electron chi connectivity index (χ4n) is 2.40. The van der Waals surface area contributed by atoms with Gasteiger partial charge in [0.15, 0.2) is 5.78 Å². The SMILES string of the molecule is NCCc1ccc(C(=O)c2c[nH]c3ccccc23)cc1. The standard InChI is InChI=1S/C17H16N2O/c18-10-9-12-5-7-13(8-6-12)17(20)15-11-19-16-4-2-1-3-14(15)16/h1-8,11,19H,9-10,18H2. The molecular formula is C17H16N2O. The van der Waals surface area contributed by atoms with Crippen LogP contribution in [-0.2, 0) is 6.42 Å². The van der Waals surface area contributed by atoms with E-state index >= 15 is 0 Å².